The van der Waals surface area contributed by atoms with Crippen molar-refractivity contribution in [3.63, 3.8) is 0 Å². The molecule has 1 saturated carbocycles. The summed E-state index contributed by atoms with van der Waals surface area (Å²) in [7, 11) is 1.70. The first kappa shape index (κ1) is 14.5. The average Bonchev–Trinajstić information content (AvgIpc) is 3.26. The van der Waals surface area contributed by atoms with Crippen molar-refractivity contribution >= 4 is 11.8 Å². The van der Waals surface area contributed by atoms with Gasteiger partial charge in [0.2, 0.25) is 0 Å². The standard InChI is InChI=1S/C15H23NO2S/c1-17-14-6-7-15(18-8-3-9-19-2)12(10-14)11-16-13-4-5-13/h6-7,10,13,16H,3-5,8-9,11H2,1-2H3. The second kappa shape index (κ2) is 7.65. The summed E-state index contributed by atoms with van der Waals surface area (Å²) in [6.07, 6.45) is 5.81. The maximum atomic E-state index is 5.88. The molecule has 0 heterocycles. The van der Waals surface area contributed by atoms with Gasteiger partial charge in [-0.15, -0.1) is 0 Å². The molecule has 0 unspecified atom stereocenters. The van der Waals surface area contributed by atoms with Crippen LogP contribution in [-0.4, -0.2) is 31.8 Å². The van der Waals surface area contributed by atoms with E-state index in [9.17, 15) is 0 Å². The minimum Gasteiger partial charge on any atom is -0.497 e. The van der Waals surface area contributed by atoms with Crippen molar-refractivity contribution in [2.45, 2.75) is 31.8 Å². The molecule has 0 bridgehead atoms. The van der Waals surface area contributed by atoms with E-state index >= 15 is 0 Å². The van der Waals surface area contributed by atoms with Crippen LogP contribution in [0.1, 0.15) is 24.8 Å². The normalized spacial score (nSPS) is 14.4. The highest BCUT2D eigenvalue weighted by Crippen LogP contribution is 2.26. The van der Waals surface area contributed by atoms with Gasteiger partial charge in [0.05, 0.1) is 13.7 Å². The quantitative estimate of drug-likeness (QED) is 0.705. The number of hydrogen-bond donors (Lipinski definition) is 1. The van der Waals surface area contributed by atoms with E-state index < -0.39 is 0 Å². The molecule has 0 aliphatic heterocycles. The van der Waals surface area contributed by atoms with Gasteiger partial charge in [0.1, 0.15) is 11.5 Å². The summed E-state index contributed by atoms with van der Waals surface area (Å²) in [4.78, 5) is 0. The summed E-state index contributed by atoms with van der Waals surface area (Å²) in [6.45, 7) is 1.64. The number of nitrogens with one attached hydrogen (secondary N) is 1. The van der Waals surface area contributed by atoms with Gasteiger partial charge in [-0.3, -0.25) is 0 Å². The molecule has 1 aliphatic carbocycles. The third-order valence-corrected chi connectivity index (χ3v) is 3.87. The predicted molar refractivity (Wildman–Crippen MR) is 81.3 cm³/mol. The smallest absolute Gasteiger partial charge is 0.124 e. The van der Waals surface area contributed by atoms with Crippen molar-refractivity contribution < 1.29 is 9.47 Å². The van der Waals surface area contributed by atoms with Crippen LogP contribution in [0.2, 0.25) is 0 Å². The Bertz CT molecular complexity index is 394. The largest absolute Gasteiger partial charge is 0.497 e. The van der Waals surface area contributed by atoms with Crippen molar-refractivity contribution in [2.75, 3.05) is 25.7 Å². The molecule has 1 aromatic rings. The van der Waals surface area contributed by atoms with E-state index in [0.29, 0.717) is 6.04 Å². The SMILES string of the molecule is COc1ccc(OCCCSC)c(CNC2CC2)c1. The lowest BCUT2D eigenvalue weighted by atomic mass is 10.2. The van der Waals surface area contributed by atoms with Crippen LogP contribution in [0.15, 0.2) is 18.2 Å². The number of rotatable bonds is 9. The zero-order valence-electron chi connectivity index (χ0n) is 11.8. The highest BCUT2D eigenvalue weighted by Gasteiger charge is 2.20. The van der Waals surface area contributed by atoms with Crippen LogP contribution in [0.4, 0.5) is 0 Å². The minimum absolute atomic E-state index is 0.704. The van der Waals surface area contributed by atoms with Crippen molar-refractivity contribution in [1.82, 2.24) is 5.32 Å². The Morgan fingerprint density at radius 3 is 2.89 bits per heavy atom. The molecule has 0 saturated heterocycles. The highest BCUT2D eigenvalue weighted by molar-refractivity contribution is 7.98. The average molecular weight is 281 g/mol. The van der Waals surface area contributed by atoms with Crippen molar-refractivity contribution in [2.24, 2.45) is 0 Å². The first-order valence-electron chi connectivity index (χ1n) is 6.85. The predicted octanol–water partition coefficient (Wildman–Crippen LogP) is 3.08. The molecule has 0 aromatic heterocycles. The number of methoxy groups -OCH3 is 1. The van der Waals surface area contributed by atoms with Gasteiger partial charge >= 0.3 is 0 Å². The Morgan fingerprint density at radius 2 is 2.21 bits per heavy atom. The molecule has 1 aliphatic rings. The van der Waals surface area contributed by atoms with Crippen LogP contribution in [-0.2, 0) is 6.54 Å². The molecule has 106 valence electrons. The maximum absolute atomic E-state index is 5.88. The van der Waals surface area contributed by atoms with E-state index in [1.165, 1.54) is 18.4 Å². The van der Waals surface area contributed by atoms with Crippen LogP contribution >= 0.6 is 11.8 Å². The fraction of sp³-hybridized carbons (Fsp3) is 0.600. The first-order chi connectivity index (χ1) is 9.33. The molecule has 0 amide bonds. The number of thioether (sulfide) groups is 1. The minimum atomic E-state index is 0.704. The molecule has 1 aromatic carbocycles. The molecular formula is C15H23NO2S. The van der Waals surface area contributed by atoms with E-state index in [1.807, 2.05) is 23.9 Å². The summed E-state index contributed by atoms with van der Waals surface area (Å²) in [6, 6.07) is 6.75. The monoisotopic (exact) mass is 281 g/mol. The second-order valence-electron chi connectivity index (χ2n) is 4.82. The third-order valence-electron chi connectivity index (χ3n) is 3.18. The lowest BCUT2D eigenvalue weighted by Crippen LogP contribution is -2.16. The van der Waals surface area contributed by atoms with Crippen molar-refractivity contribution in [3.8, 4) is 11.5 Å². The maximum Gasteiger partial charge on any atom is 0.124 e. The fourth-order valence-corrected chi connectivity index (χ4v) is 2.30. The topological polar surface area (TPSA) is 30.5 Å². The zero-order chi connectivity index (χ0) is 13.5. The number of hydrogen-bond acceptors (Lipinski definition) is 4. The number of benzene rings is 1. The summed E-state index contributed by atoms with van der Waals surface area (Å²) < 4.78 is 11.2. The van der Waals surface area contributed by atoms with E-state index in [4.69, 9.17) is 9.47 Å². The molecule has 1 N–H and O–H groups in total. The molecule has 2 rings (SSSR count). The van der Waals surface area contributed by atoms with Crippen molar-refractivity contribution in [1.29, 1.82) is 0 Å². The highest BCUT2D eigenvalue weighted by atomic mass is 32.2. The molecule has 0 atom stereocenters. The van der Waals surface area contributed by atoms with Gasteiger partial charge in [-0.25, -0.2) is 0 Å². The fourth-order valence-electron chi connectivity index (χ4n) is 1.89. The summed E-state index contributed by atoms with van der Waals surface area (Å²) in [5.74, 6) is 3.02. The summed E-state index contributed by atoms with van der Waals surface area (Å²) >= 11 is 1.86. The number of ether oxygens (including phenoxy) is 2. The summed E-state index contributed by atoms with van der Waals surface area (Å²) in [5, 5.41) is 3.53. The Labute approximate surface area is 120 Å². The van der Waals surface area contributed by atoms with Gasteiger partial charge in [-0.1, -0.05) is 0 Å². The second-order valence-corrected chi connectivity index (χ2v) is 5.81. The van der Waals surface area contributed by atoms with Crippen LogP contribution < -0.4 is 14.8 Å². The zero-order valence-corrected chi connectivity index (χ0v) is 12.6. The van der Waals surface area contributed by atoms with Gasteiger partial charge in [0.25, 0.3) is 0 Å². The molecule has 4 heteroatoms. The van der Waals surface area contributed by atoms with Gasteiger partial charge in [-0.05, 0) is 49.5 Å². The molecule has 19 heavy (non-hydrogen) atoms. The Kier molecular flexibility index (Phi) is 5.86. The van der Waals surface area contributed by atoms with Crippen molar-refractivity contribution in [3.05, 3.63) is 23.8 Å². The molecular weight excluding hydrogens is 258 g/mol. The Hall–Kier alpha value is -0.870. The lowest BCUT2D eigenvalue weighted by Gasteiger charge is -2.13. The van der Waals surface area contributed by atoms with E-state index in [0.717, 1.165) is 36.8 Å². The van der Waals surface area contributed by atoms with Crippen LogP contribution in [0.3, 0.4) is 0 Å². The van der Waals surface area contributed by atoms with E-state index in [-0.39, 0.29) is 0 Å². The van der Waals surface area contributed by atoms with E-state index in [2.05, 4.69) is 17.6 Å². The van der Waals surface area contributed by atoms with Gasteiger partial charge in [0, 0.05) is 18.2 Å². The van der Waals surface area contributed by atoms with Crippen LogP contribution in [0, 0.1) is 0 Å². The Balaban J connectivity index is 1.93. The van der Waals surface area contributed by atoms with Gasteiger partial charge in [0.15, 0.2) is 0 Å². The third kappa shape index (κ3) is 4.96. The first-order valence-corrected chi connectivity index (χ1v) is 8.25. The molecule has 1 fully saturated rings. The summed E-state index contributed by atoms with van der Waals surface area (Å²) in [5.41, 5.74) is 1.19. The van der Waals surface area contributed by atoms with Crippen LogP contribution in [0.5, 0.6) is 11.5 Å². The van der Waals surface area contributed by atoms with Gasteiger partial charge < -0.3 is 14.8 Å². The van der Waals surface area contributed by atoms with Crippen LogP contribution in [0.25, 0.3) is 0 Å². The lowest BCUT2D eigenvalue weighted by molar-refractivity contribution is 0.313. The van der Waals surface area contributed by atoms with Gasteiger partial charge in [-0.2, -0.15) is 11.8 Å². The molecule has 0 radical (unpaired) electrons. The molecule has 3 nitrogen and oxygen atoms in total. The molecule has 0 spiro atoms. The van der Waals surface area contributed by atoms with E-state index in [1.54, 1.807) is 7.11 Å². The Morgan fingerprint density at radius 1 is 1.37 bits per heavy atom.